The van der Waals surface area contributed by atoms with E-state index in [1.54, 1.807) is 6.20 Å². The number of fused-ring (bicyclic) bond motifs is 1. The maximum atomic E-state index is 13.0. The van der Waals surface area contributed by atoms with Crippen LogP contribution in [0, 0.1) is 6.92 Å². The lowest BCUT2D eigenvalue weighted by Crippen LogP contribution is -2.44. The Bertz CT molecular complexity index is 1000. The van der Waals surface area contributed by atoms with Crippen LogP contribution in [0.1, 0.15) is 24.7 Å². The van der Waals surface area contributed by atoms with Crippen molar-refractivity contribution in [2.24, 2.45) is 0 Å². The third kappa shape index (κ3) is 3.74. The fourth-order valence-corrected chi connectivity index (χ4v) is 3.74. The van der Waals surface area contributed by atoms with Crippen LogP contribution in [0.4, 0.5) is 11.4 Å². The SMILES string of the molecule is Cc1nccc(-c2cccc(NCC(=O)N3c4ccccc4CC[C@@H]3C)c2)n1. The number of hydrogen-bond donors (Lipinski definition) is 1. The van der Waals surface area contributed by atoms with Crippen LogP contribution in [0.3, 0.4) is 0 Å². The van der Waals surface area contributed by atoms with Gasteiger partial charge in [0.2, 0.25) is 5.91 Å². The molecule has 2 aromatic carbocycles. The summed E-state index contributed by atoms with van der Waals surface area (Å²) in [5.41, 5.74) is 5.06. The number of anilines is 2. The molecule has 3 aromatic rings. The van der Waals surface area contributed by atoms with Crippen molar-refractivity contribution in [3.8, 4) is 11.3 Å². The van der Waals surface area contributed by atoms with E-state index in [4.69, 9.17) is 0 Å². The molecule has 0 spiro atoms. The lowest BCUT2D eigenvalue weighted by atomic mass is 9.96. The number of para-hydroxylation sites is 1. The highest BCUT2D eigenvalue weighted by Gasteiger charge is 2.27. The van der Waals surface area contributed by atoms with Gasteiger partial charge in [0.25, 0.3) is 0 Å². The zero-order chi connectivity index (χ0) is 19.5. The van der Waals surface area contributed by atoms with Crippen LogP contribution in [0.15, 0.2) is 60.8 Å². The molecule has 1 aliphatic heterocycles. The number of carbonyl (C=O) groups is 1. The minimum absolute atomic E-state index is 0.0860. The fraction of sp³-hybridized carbons (Fsp3) is 0.261. The van der Waals surface area contributed by atoms with Gasteiger partial charge < -0.3 is 10.2 Å². The second kappa shape index (κ2) is 7.80. The molecule has 4 rings (SSSR count). The third-order valence-corrected chi connectivity index (χ3v) is 5.17. The number of carbonyl (C=O) groups excluding carboxylic acids is 1. The molecule has 1 amide bonds. The molecule has 0 radical (unpaired) electrons. The summed E-state index contributed by atoms with van der Waals surface area (Å²) in [7, 11) is 0. The van der Waals surface area contributed by atoms with Crippen molar-refractivity contribution in [3.05, 3.63) is 72.2 Å². The maximum absolute atomic E-state index is 13.0. The highest BCUT2D eigenvalue weighted by molar-refractivity contribution is 5.97. The number of nitrogens with one attached hydrogen (secondary N) is 1. The Kier molecular flexibility index (Phi) is 5.06. The molecule has 1 aliphatic rings. The van der Waals surface area contributed by atoms with Crippen LogP contribution in [0.25, 0.3) is 11.3 Å². The van der Waals surface area contributed by atoms with Crippen molar-refractivity contribution < 1.29 is 4.79 Å². The number of benzene rings is 2. The van der Waals surface area contributed by atoms with Gasteiger partial charge >= 0.3 is 0 Å². The molecule has 2 heterocycles. The first-order valence-electron chi connectivity index (χ1n) is 9.66. The molecular formula is C23H24N4O. The third-order valence-electron chi connectivity index (χ3n) is 5.17. The normalized spacial score (nSPS) is 15.8. The van der Waals surface area contributed by atoms with Crippen molar-refractivity contribution in [1.82, 2.24) is 9.97 Å². The van der Waals surface area contributed by atoms with Gasteiger partial charge in [0, 0.05) is 29.2 Å². The summed E-state index contributed by atoms with van der Waals surface area (Å²) in [5.74, 6) is 0.826. The van der Waals surface area contributed by atoms with Crippen molar-refractivity contribution in [3.63, 3.8) is 0 Å². The quantitative estimate of drug-likeness (QED) is 0.744. The van der Waals surface area contributed by atoms with Gasteiger partial charge in [-0.15, -0.1) is 0 Å². The van der Waals surface area contributed by atoms with E-state index in [9.17, 15) is 4.79 Å². The molecule has 142 valence electrons. The Balaban J connectivity index is 1.49. The van der Waals surface area contributed by atoms with E-state index in [1.807, 2.05) is 60.4 Å². The summed E-state index contributed by atoms with van der Waals surface area (Å²) in [6, 6.07) is 18.3. The molecule has 0 fully saturated rings. The van der Waals surface area contributed by atoms with Crippen LogP contribution >= 0.6 is 0 Å². The number of amides is 1. The van der Waals surface area contributed by atoms with Crippen LogP contribution in [0.2, 0.25) is 0 Å². The van der Waals surface area contributed by atoms with Gasteiger partial charge in [-0.05, 0) is 56.5 Å². The molecular weight excluding hydrogens is 348 g/mol. The van der Waals surface area contributed by atoms with Gasteiger partial charge in [-0.25, -0.2) is 9.97 Å². The molecule has 5 nitrogen and oxygen atoms in total. The van der Waals surface area contributed by atoms with Crippen molar-refractivity contribution in [2.45, 2.75) is 32.7 Å². The smallest absolute Gasteiger partial charge is 0.246 e. The van der Waals surface area contributed by atoms with Crippen LogP contribution in [0.5, 0.6) is 0 Å². The Morgan fingerprint density at radius 3 is 2.89 bits per heavy atom. The number of aromatic nitrogens is 2. The van der Waals surface area contributed by atoms with E-state index in [1.165, 1.54) is 5.56 Å². The molecule has 0 aliphatic carbocycles. The number of hydrogen-bond acceptors (Lipinski definition) is 4. The molecule has 0 bridgehead atoms. The first-order valence-corrected chi connectivity index (χ1v) is 9.66. The number of rotatable bonds is 4. The molecule has 5 heteroatoms. The zero-order valence-corrected chi connectivity index (χ0v) is 16.2. The minimum atomic E-state index is 0.0860. The summed E-state index contributed by atoms with van der Waals surface area (Å²) in [6.45, 7) is 4.25. The summed E-state index contributed by atoms with van der Waals surface area (Å²) in [6.07, 6.45) is 3.77. The second-order valence-electron chi connectivity index (χ2n) is 7.20. The highest BCUT2D eigenvalue weighted by Crippen LogP contribution is 2.30. The molecule has 0 saturated heterocycles. The van der Waals surface area contributed by atoms with Gasteiger partial charge in [-0.2, -0.15) is 0 Å². The Morgan fingerprint density at radius 2 is 2.04 bits per heavy atom. The summed E-state index contributed by atoms with van der Waals surface area (Å²) >= 11 is 0. The lowest BCUT2D eigenvalue weighted by Gasteiger charge is -2.35. The Labute approximate surface area is 165 Å². The second-order valence-corrected chi connectivity index (χ2v) is 7.20. The number of aryl methyl sites for hydroxylation is 2. The predicted octanol–water partition coefficient (Wildman–Crippen LogP) is 4.23. The van der Waals surface area contributed by atoms with Gasteiger partial charge in [-0.1, -0.05) is 30.3 Å². The van der Waals surface area contributed by atoms with E-state index in [0.29, 0.717) is 0 Å². The van der Waals surface area contributed by atoms with Crippen molar-refractivity contribution in [2.75, 3.05) is 16.8 Å². The Hall–Kier alpha value is -3.21. The van der Waals surface area contributed by atoms with Gasteiger partial charge in [0.1, 0.15) is 5.82 Å². The molecule has 1 aromatic heterocycles. The lowest BCUT2D eigenvalue weighted by molar-refractivity contribution is -0.117. The van der Waals surface area contributed by atoms with Crippen LogP contribution in [-0.4, -0.2) is 28.5 Å². The first-order chi connectivity index (χ1) is 13.6. The maximum Gasteiger partial charge on any atom is 0.246 e. The monoisotopic (exact) mass is 372 g/mol. The van der Waals surface area contributed by atoms with E-state index in [2.05, 4.69) is 28.3 Å². The molecule has 0 saturated carbocycles. The van der Waals surface area contributed by atoms with Crippen molar-refractivity contribution in [1.29, 1.82) is 0 Å². The first kappa shape index (κ1) is 18.2. The average molecular weight is 372 g/mol. The Morgan fingerprint density at radius 1 is 1.18 bits per heavy atom. The fourth-order valence-electron chi connectivity index (χ4n) is 3.74. The van der Waals surface area contributed by atoms with E-state index in [-0.39, 0.29) is 18.5 Å². The summed E-state index contributed by atoms with van der Waals surface area (Å²) < 4.78 is 0. The van der Waals surface area contributed by atoms with Gasteiger partial charge in [0.05, 0.1) is 12.2 Å². The molecule has 0 unspecified atom stereocenters. The topological polar surface area (TPSA) is 58.1 Å². The minimum Gasteiger partial charge on any atom is -0.376 e. The van der Waals surface area contributed by atoms with Crippen LogP contribution in [-0.2, 0) is 11.2 Å². The summed E-state index contributed by atoms with van der Waals surface area (Å²) in [5, 5.41) is 3.28. The molecule has 1 atom stereocenters. The summed E-state index contributed by atoms with van der Waals surface area (Å²) in [4.78, 5) is 23.5. The van der Waals surface area contributed by atoms with Crippen molar-refractivity contribution >= 4 is 17.3 Å². The van der Waals surface area contributed by atoms with E-state index >= 15 is 0 Å². The average Bonchev–Trinajstić information content (AvgIpc) is 2.72. The molecule has 1 N–H and O–H groups in total. The predicted molar refractivity (Wildman–Crippen MR) is 112 cm³/mol. The van der Waals surface area contributed by atoms with Gasteiger partial charge in [0.15, 0.2) is 0 Å². The van der Waals surface area contributed by atoms with E-state index in [0.717, 1.165) is 41.3 Å². The highest BCUT2D eigenvalue weighted by atomic mass is 16.2. The standard InChI is InChI=1S/C23H24N4O/c1-16-10-11-18-6-3-4-9-22(18)27(16)23(28)15-25-20-8-5-7-19(14-20)21-12-13-24-17(2)26-21/h3-9,12-14,16,25H,10-11,15H2,1-2H3/t16-/m0/s1. The van der Waals surface area contributed by atoms with Gasteiger partial charge in [-0.3, -0.25) is 4.79 Å². The van der Waals surface area contributed by atoms with E-state index < -0.39 is 0 Å². The number of nitrogens with zero attached hydrogens (tertiary/aromatic N) is 3. The largest absolute Gasteiger partial charge is 0.376 e. The zero-order valence-electron chi connectivity index (χ0n) is 16.2. The van der Waals surface area contributed by atoms with Crippen LogP contribution < -0.4 is 10.2 Å². The molecule has 28 heavy (non-hydrogen) atoms.